The van der Waals surface area contributed by atoms with Crippen molar-refractivity contribution in [2.75, 3.05) is 58.4 Å². The molecular weight excluding hydrogens is 553 g/mol. The molecule has 3 heterocycles. The van der Waals surface area contributed by atoms with Gasteiger partial charge in [-0.25, -0.2) is 15.0 Å². The van der Waals surface area contributed by atoms with Crippen molar-refractivity contribution in [3.63, 3.8) is 0 Å². The van der Waals surface area contributed by atoms with Crippen LogP contribution in [-0.2, 0) is 11.2 Å². The van der Waals surface area contributed by atoms with Crippen LogP contribution in [0, 0.1) is 6.92 Å². The number of nitrogens with zero attached hydrogens (tertiary/aromatic N) is 4. The summed E-state index contributed by atoms with van der Waals surface area (Å²) in [4.78, 5) is 30.4. The number of anilines is 1. The van der Waals surface area contributed by atoms with E-state index in [1.54, 1.807) is 25.5 Å². The second-order valence-electron chi connectivity index (χ2n) is 9.42. The fourth-order valence-corrected chi connectivity index (χ4v) is 5.27. The van der Waals surface area contributed by atoms with E-state index in [4.69, 9.17) is 32.7 Å². The van der Waals surface area contributed by atoms with Gasteiger partial charge in [0.05, 0.1) is 30.1 Å². The number of aromatic amines is 1. The van der Waals surface area contributed by atoms with Gasteiger partial charge in [0.25, 0.3) is 5.91 Å². The van der Waals surface area contributed by atoms with Gasteiger partial charge in [0.2, 0.25) is 0 Å². The van der Waals surface area contributed by atoms with E-state index in [-0.39, 0.29) is 5.91 Å². The highest BCUT2D eigenvalue weighted by Gasteiger charge is 2.21. The van der Waals surface area contributed by atoms with E-state index in [1.807, 2.05) is 19.1 Å². The van der Waals surface area contributed by atoms with E-state index in [0.29, 0.717) is 46.6 Å². The largest absolute Gasteiger partial charge is 0.491 e. The van der Waals surface area contributed by atoms with Crippen LogP contribution in [0.25, 0.3) is 22.3 Å². The number of fused-ring (bicyclic) bond motifs is 1. The summed E-state index contributed by atoms with van der Waals surface area (Å²) >= 11 is 13.3. The lowest BCUT2D eigenvalue weighted by Gasteiger charge is -2.27. The lowest BCUT2D eigenvalue weighted by Crippen LogP contribution is -2.38. The molecule has 12 heteroatoms. The number of imidazole rings is 1. The van der Waals surface area contributed by atoms with E-state index < -0.39 is 0 Å². The Hall–Kier alpha value is -3.44. The highest BCUT2D eigenvalue weighted by molar-refractivity contribution is 6.34. The zero-order valence-corrected chi connectivity index (χ0v) is 23.9. The fourth-order valence-electron chi connectivity index (χ4n) is 4.78. The Morgan fingerprint density at radius 1 is 1.15 bits per heavy atom. The number of hydrogen-bond acceptors (Lipinski definition) is 8. The molecule has 3 N–H and O–H groups in total. The van der Waals surface area contributed by atoms with Gasteiger partial charge in [0, 0.05) is 43.8 Å². The molecule has 1 aliphatic heterocycles. The van der Waals surface area contributed by atoms with Crippen LogP contribution >= 0.6 is 23.2 Å². The van der Waals surface area contributed by atoms with Crippen LogP contribution in [-0.4, -0.2) is 83.8 Å². The molecule has 2 aromatic carbocycles. The van der Waals surface area contributed by atoms with Gasteiger partial charge in [-0.05, 0) is 48.2 Å². The first-order chi connectivity index (χ1) is 19.5. The summed E-state index contributed by atoms with van der Waals surface area (Å²) in [6.45, 7) is 7.02. The number of halogens is 2. The van der Waals surface area contributed by atoms with Crippen LogP contribution in [0.3, 0.4) is 0 Å². The van der Waals surface area contributed by atoms with Crippen LogP contribution < -0.4 is 15.4 Å². The van der Waals surface area contributed by atoms with Crippen LogP contribution in [0.5, 0.6) is 5.75 Å². The van der Waals surface area contributed by atoms with Crippen LogP contribution in [0.1, 0.15) is 21.5 Å². The van der Waals surface area contributed by atoms with Gasteiger partial charge in [-0.3, -0.25) is 9.69 Å². The molecule has 10 nitrogen and oxygen atoms in total. The number of nitrogens with one attached hydrogen (secondary N) is 3. The summed E-state index contributed by atoms with van der Waals surface area (Å²) in [5.41, 5.74) is 5.25. The minimum atomic E-state index is -0.246. The molecule has 0 spiro atoms. The normalized spacial score (nSPS) is 13.9. The molecule has 0 saturated carbocycles. The minimum Gasteiger partial charge on any atom is -0.491 e. The third kappa shape index (κ3) is 6.15. The van der Waals surface area contributed by atoms with Gasteiger partial charge in [-0.1, -0.05) is 29.3 Å². The molecule has 0 radical (unpaired) electrons. The van der Waals surface area contributed by atoms with Gasteiger partial charge in [-0.2, -0.15) is 0 Å². The second kappa shape index (κ2) is 12.8. The van der Waals surface area contributed by atoms with Crippen LogP contribution in [0.15, 0.2) is 36.9 Å². The number of hydrogen-bond donors (Lipinski definition) is 3. The smallest absolute Gasteiger partial charge is 0.252 e. The molecular formula is C28H31Cl2N7O3. The Bertz CT molecular complexity index is 1510. The summed E-state index contributed by atoms with van der Waals surface area (Å²) in [6.07, 6.45) is 3.69. The number of carbonyl (C=O) groups excluding carboxylic acids is 1. The van der Waals surface area contributed by atoms with Crippen LogP contribution in [0.4, 0.5) is 5.82 Å². The van der Waals surface area contributed by atoms with Crippen molar-refractivity contribution < 1.29 is 14.3 Å². The second-order valence-corrected chi connectivity index (χ2v) is 10.2. The Morgan fingerprint density at radius 2 is 1.98 bits per heavy atom. The van der Waals surface area contributed by atoms with Crippen molar-refractivity contribution >= 4 is 46.1 Å². The average molecular weight is 585 g/mol. The maximum absolute atomic E-state index is 12.2. The van der Waals surface area contributed by atoms with Crippen molar-refractivity contribution in [2.45, 2.75) is 13.3 Å². The third-order valence-corrected chi connectivity index (χ3v) is 7.66. The molecule has 4 aromatic rings. The minimum absolute atomic E-state index is 0.246. The Morgan fingerprint density at radius 3 is 2.75 bits per heavy atom. The molecule has 1 saturated heterocycles. The fraction of sp³-hybridized carbons (Fsp3) is 0.357. The Balaban J connectivity index is 1.45. The van der Waals surface area contributed by atoms with E-state index >= 15 is 0 Å². The Labute approximate surface area is 242 Å². The molecule has 1 amide bonds. The van der Waals surface area contributed by atoms with Gasteiger partial charge in [-0.15, -0.1) is 0 Å². The third-order valence-electron chi connectivity index (χ3n) is 6.95. The first kappa shape index (κ1) is 28.1. The number of H-pyrrole nitrogens is 1. The molecule has 40 heavy (non-hydrogen) atoms. The average Bonchev–Trinajstić information content (AvgIpc) is 3.45. The van der Waals surface area contributed by atoms with Crippen molar-refractivity contribution in [2.24, 2.45) is 0 Å². The van der Waals surface area contributed by atoms with Crippen molar-refractivity contribution in [3.8, 4) is 16.9 Å². The number of benzene rings is 2. The van der Waals surface area contributed by atoms with Crippen molar-refractivity contribution in [3.05, 3.63) is 63.7 Å². The zero-order chi connectivity index (χ0) is 28.1. The van der Waals surface area contributed by atoms with Gasteiger partial charge < -0.3 is 25.1 Å². The van der Waals surface area contributed by atoms with Gasteiger partial charge >= 0.3 is 0 Å². The van der Waals surface area contributed by atoms with E-state index in [1.165, 1.54) is 6.33 Å². The predicted molar refractivity (Wildman–Crippen MR) is 157 cm³/mol. The predicted octanol–water partition coefficient (Wildman–Crippen LogP) is 4.36. The number of amides is 1. The highest BCUT2D eigenvalue weighted by atomic mass is 35.5. The zero-order valence-electron chi connectivity index (χ0n) is 22.4. The molecule has 1 fully saturated rings. The van der Waals surface area contributed by atoms with Gasteiger partial charge in [0.1, 0.15) is 24.2 Å². The first-order valence-electron chi connectivity index (χ1n) is 13.1. The molecule has 5 rings (SSSR count). The number of ether oxygens (including phenoxy) is 2. The summed E-state index contributed by atoms with van der Waals surface area (Å²) in [5, 5.41) is 6.97. The van der Waals surface area contributed by atoms with Gasteiger partial charge in [0.15, 0.2) is 11.5 Å². The number of rotatable bonds is 10. The lowest BCUT2D eigenvalue weighted by molar-refractivity contribution is 0.0322. The van der Waals surface area contributed by atoms with E-state index in [9.17, 15) is 4.79 Å². The maximum atomic E-state index is 12.2. The lowest BCUT2D eigenvalue weighted by atomic mass is 9.94. The molecule has 2 aromatic heterocycles. The molecule has 0 aliphatic carbocycles. The standard InChI is InChI=1S/C28H31Cl2N7O3/c1-17-21(29)14-19(5-6-32-26-24-27(34-15-33-24)36-16-35-26)25(40-12-9-37-7-10-39-11-8-37)23(17)18-3-4-20(22(30)13-18)28(38)31-2/h3-4,13-16H,5-12H2,1-2H3,(H,31,38)(H2,32,33,34,35,36). The summed E-state index contributed by atoms with van der Waals surface area (Å²) in [6, 6.07) is 7.35. The van der Waals surface area contributed by atoms with Crippen molar-refractivity contribution in [1.29, 1.82) is 0 Å². The monoisotopic (exact) mass is 583 g/mol. The molecule has 1 aliphatic rings. The Kier molecular flexibility index (Phi) is 9.01. The van der Waals surface area contributed by atoms with Crippen molar-refractivity contribution in [1.82, 2.24) is 30.2 Å². The molecule has 210 valence electrons. The first-order valence-corrected chi connectivity index (χ1v) is 13.9. The molecule has 0 bridgehead atoms. The molecule has 0 unspecified atom stereocenters. The summed E-state index contributed by atoms with van der Waals surface area (Å²) in [5.74, 6) is 1.17. The van der Waals surface area contributed by atoms with E-state index in [2.05, 4.69) is 35.5 Å². The number of morpholine rings is 1. The highest BCUT2D eigenvalue weighted by Crippen LogP contribution is 2.41. The maximum Gasteiger partial charge on any atom is 0.252 e. The number of aromatic nitrogens is 4. The molecule has 0 atom stereocenters. The number of carbonyl (C=O) groups is 1. The quantitative estimate of drug-likeness (QED) is 0.252. The summed E-state index contributed by atoms with van der Waals surface area (Å²) < 4.78 is 12.0. The van der Waals surface area contributed by atoms with Crippen LogP contribution in [0.2, 0.25) is 10.0 Å². The topological polar surface area (TPSA) is 117 Å². The van der Waals surface area contributed by atoms with E-state index in [0.717, 1.165) is 66.4 Å². The summed E-state index contributed by atoms with van der Waals surface area (Å²) in [7, 11) is 1.58. The SMILES string of the molecule is CNC(=O)c1ccc(-c2c(C)c(Cl)cc(CCNc3ncnc4nc[nH]c34)c2OCCN2CCOCC2)cc1Cl.